The Labute approximate surface area is 166 Å². The summed E-state index contributed by atoms with van der Waals surface area (Å²) in [6.45, 7) is 0. The normalized spacial score (nSPS) is 10.0. The molecule has 0 aliphatic rings. The second-order valence-electron chi connectivity index (χ2n) is 5.75. The monoisotopic (exact) mass is 393 g/mol. The van der Waals surface area contributed by atoms with Crippen molar-refractivity contribution in [3.8, 4) is 0 Å². The van der Waals surface area contributed by atoms with Crippen molar-refractivity contribution in [2.45, 2.75) is 0 Å². The average Bonchev–Trinajstić information content (AvgIpc) is 2.69. The Morgan fingerprint density at radius 2 is 1.32 bits per heavy atom. The minimum atomic E-state index is -0.679. The number of nitrogens with one attached hydrogen (secondary N) is 3. The number of hydrogen-bond acceptors (Lipinski definition) is 3. The fraction of sp³-hybridized carbons (Fsp3) is 0. The molecule has 0 spiro atoms. The van der Waals surface area contributed by atoms with Gasteiger partial charge in [0.05, 0.1) is 16.8 Å². The zero-order valence-corrected chi connectivity index (χ0v) is 15.4. The van der Waals surface area contributed by atoms with Crippen LogP contribution in [-0.4, -0.2) is 16.9 Å². The lowest BCUT2D eigenvalue weighted by Crippen LogP contribution is -2.35. The van der Waals surface area contributed by atoms with Crippen LogP contribution in [0.15, 0.2) is 78.9 Å². The molecule has 0 saturated heterocycles. The lowest BCUT2D eigenvalue weighted by molar-refractivity contribution is 0.0972. The molecule has 2 amide bonds. The lowest BCUT2D eigenvalue weighted by Gasteiger charge is -2.14. The Hall–Kier alpha value is -3.58. The summed E-state index contributed by atoms with van der Waals surface area (Å²) in [6, 6.07) is 21.3. The van der Waals surface area contributed by atoms with E-state index in [0.717, 1.165) is 0 Å². The van der Waals surface area contributed by atoms with Crippen molar-refractivity contribution in [3.05, 3.63) is 95.8 Å². The van der Waals surface area contributed by atoms with Gasteiger partial charge in [0.25, 0.3) is 11.8 Å². The Morgan fingerprint density at radius 3 is 2.04 bits per heavy atom. The first-order chi connectivity index (χ1) is 13.5. The molecule has 0 bridgehead atoms. The summed E-state index contributed by atoms with van der Waals surface area (Å²) in [5.41, 5.74) is 1.28. The molecule has 0 unspecified atom stereocenters. The molecular weight excluding hydrogens is 377 g/mol. The number of carbonyl (C=O) groups is 2. The average molecular weight is 393 g/mol. The first-order valence-corrected chi connectivity index (χ1v) is 8.77. The molecule has 5 nitrogen and oxygen atoms in total. The quantitative estimate of drug-likeness (QED) is 0.581. The van der Waals surface area contributed by atoms with Crippen LogP contribution in [0.25, 0.3) is 0 Å². The maximum absolute atomic E-state index is 13.7. The van der Waals surface area contributed by atoms with Crippen LogP contribution in [0.5, 0.6) is 0 Å². The van der Waals surface area contributed by atoms with Crippen LogP contribution in [0.3, 0.4) is 0 Å². The predicted molar refractivity (Wildman–Crippen MR) is 111 cm³/mol. The highest BCUT2D eigenvalue weighted by Crippen LogP contribution is 2.17. The number of hydrogen-bond donors (Lipinski definition) is 3. The van der Waals surface area contributed by atoms with Crippen molar-refractivity contribution >= 4 is 40.5 Å². The molecule has 7 heteroatoms. The van der Waals surface area contributed by atoms with E-state index in [9.17, 15) is 14.0 Å². The summed E-state index contributed by atoms with van der Waals surface area (Å²) in [5, 5.41) is 7.96. The summed E-state index contributed by atoms with van der Waals surface area (Å²) in [4.78, 5) is 24.7. The van der Waals surface area contributed by atoms with E-state index in [1.54, 1.807) is 42.5 Å². The van der Waals surface area contributed by atoms with Gasteiger partial charge in [0, 0.05) is 5.69 Å². The summed E-state index contributed by atoms with van der Waals surface area (Å²) in [7, 11) is 0. The van der Waals surface area contributed by atoms with Crippen molar-refractivity contribution in [2.75, 3.05) is 10.6 Å². The van der Waals surface area contributed by atoms with E-state index < -0.39 is 11.7 Å². The molecule has 3 N–H and O–H groups in total. The van der Waals surface area contributed by atoms with Crippen molar-refractivity contribution in [1.29, 1.82) is 0 Å². The predicted octanol–water partition coefficient (Wildman–Crippen LogP) is 4.20. The van der Waals surface area contributed by atoms with Gasteiger partial charge in [-0.25, -0.2) is 4.39 Å². The topological polar surface area (TPSA) is 70.2 Å². The Balaban J connectivity index is 1.71. The second-order valence-corrected chi connectivity index (χ2v) is 6.16. The third-order valence-corrected chi connectivity index (χ3v) is 4.00. The number of thiocarbonyl (C=S) groups is 1. The number of anilines is 2. The standard InChI is InChI=1S/C21H16FN3O2S/c22-17-12-6-4-10-15(17)19(26)25-21(28)24-18-13-7-5-11-16(18)20(27)23-14-8-2-1-3-9-14/h1-13H,(H,23,27)(H2,24,25,26,28). The Bertz CT molecular complexity index is 1020. The Kier molecular flexibility index (Phi) is 6.08. The molecule has 3 aromatic rings. The number of carbonyl (C=O) groups excluding carboxylic acids is 2. The van der Waals surface area contributed by atoms with E-state index in [1.165, 1.54) is 18.2 Å². The largest absolute Gasteiger partial charge is 0.332 e. The van der Waals surface area contributed by atoms with Crippen molar-refractivity contribution < 1.29 is 14.0 Å². The fourth-order valence-electron chi connectivity index (χ4n) is 2.48. The zero-order valence-electron chi connectivity index (χ0n) is 14.6. The molecule has 3 rings (SSSR count). The molecule has 0 atom stereocenters. The van der Waals surface area contributed by atoms with Gasteiger partial charge < -0.3 is 10.6 Å². The van der Waals surface area contributed by atoms with Crippen LogP contribution < -0.4 is 16.0 Å². The molecule has 0 aliphatic carbocycles. The molecule has 0 aromatic heterocycles. The van der Waals surface area contributed by atoms with Crippen LogP contribution in [0.1, 0.15) is 20.7 Å². The molecule has 28 heavy (non-hydrogen) atoms. The molecular formula is C21H16FN3O2S. The highest BCUT2D eigenvalue weighted by atomic mass is 32.1. The number of rotatable bonds is 4. The van der Waals surface area contributed by atoms with E-state index in [2.05, 4.69) is 16.0 Å². The van der Waals surface area contributed by atoms with E-state index >= 15 is 0 Å². The van der Waals surface area contributed by atoms with Crippen LogP contribution in [0, 0.1) is 5.82 Å². The van der Waals surface area contributed by atoms with Crippen LogP contribution in [0.4, 0.5) is 15.8 Å². The van der Waals surface area contributed by atoms with Gasteiger partial charge in [-0.1, -0.05) is 42.5 Å². The van der Waals surface area contributed by atoms with Gasteiger partial charge >= 0.3 is 0 Å². The van der Waals surface area contributed by atoms with E-state index in [4.69, 9.17) is 12.2 Å². The molecule has 140 valence electrons. The minimum Gasteiger partial charge on any atom is -0.332 e. The van der Waals surface area contributed by atoms with E-state index in [1.807, 2.05) is 18.2 Å². The van der Waals surface area contributed by atoms with Crippen molar-refractivity contribution in [3.63, 3.8) is 0 Å². The van der Waals surface area contributed by atoms with Gasteiger partial charge in [-0.3, -0.25) is 14.9 Å². The fourth-order valence-corrected chi connectivity index (χ4v) is 2.68. The third-order valence-electron chi connectivity index (χ3n) is 3.80. The van der Waals surface area contributed by atoms with Gasteiger partial charge in [-0.05, 0) is 48.6 Å². The first kappa shape index (κ1) is 19.2. The van der Waals surface area contributed by atoms with Gasteiger partial charge in [0.1, 0.15) is 5.82 Å². The van der Waals surface area contributed by atoms with E-state index in [-0.39, 0.29) is 16.6 Å². The number of benzene rings is 3. The smallest absolute Gasteiger partial charge is 0.260 e. The van der Waals surface area contributed by atoms with Crippen LogP contribution >= 0.6 is 12.2 Å². The van der Waals surface area contributed by atoms with Gasteiger partial charge in [-0.15, -0.1) is 0 Å². The molecule has 0 radical (unpaired) electrons. The van der Waals surface area contributed by atoms with Crippen molar-refractivity contribution in [2.24, 2.45) is 0 Å². The summed E-state index contributed by atoms with van der Waals surface area (Å²) in [6.07, 6.45) is 0. The zero-order chi connectivity index (χ0) is 19.9. The van der Waals surface area contributed by atoms with Crippen LogP contribution in [-0.2, 0) is 0 Å². The number of halogens is 1. The van der Waals surface area contributed by atoms with Gasteiger partial charge in [0.2, 0.25) is 0 Å². The molecule has 0 fully saturated rings. The van der Waals surface area contributed by atoms with Crippen molar-refractivity contribution in [1.82, 2.24) is 5.32 Å². The number of amides is 2. The SMILES string of the molecule is O=C(NC(=S)Nc1ccccc1C(=O)Nc1ccccc1)c1ccccc1F. The summed E-state index contributed by atoms with van der Waals surface area (Å²) < 4.78 is 13.7. The maximum Gasteiger partial charge on any atom is 0.260 e. The minimum absolute atomic E-state index is 0.0479. The molecule has 3 aromatic carbocycles. The summed E-state index contributed by atoms with van der Waals surface area (Å²) in [5.74, 6) is -1.66. The molecule has 0 saturated carbocycles. The van der Waals surface area contributed by atoms with Gasteiger partial charge in [-0.2, -0.15) is 0 Å². The highest BCUT2D eigenvalue weighted by Gasteiger charge is 2.15. The number of para-hydroxylation sites is 2. The van der Waals surface area contributed by atoms with E-state index in [0.29, 0.717) is 16.9 Å². The lowest BCUT2D eigenvalue weighted by atomic mass is 10.1. The Morgan fingerprint density at radius 1 is 0.714 bits per heavy atom. The highest BCUT2D eigenvalue weighted by molar-refractivity contribution is 7.80. The summed E-state index contributed by atoms with van der Waals surface area (Å²) >= 11 is 5.13. The molecule has 0 aliphatic heterocycles. The third kappa shape index (κ3) is 4.77. The second kappa shape index (κ2) is 8.88. The van der Waals surface area contributed by atoms with Gasteiger partial charge in [0.15, 0.2) is 5.11 Å². The van der Waals surface area contributed by atoms with Crippen LogP contribution in [0.2, 0.25) is 0 Å². The first-order valence-electron chi connectivity index (χ1n) is 8.37. The maximum atomic E-state index is 13.7. The molecule has 0 heterocycles.